The standard InChI is InChI=1S/C18H14BrCl2N3O2/c1-9-15(17(25)23-12-5-2-10(19)3-6-12)16(24-18(26)22-9)13-7-4-11(20)8-14(13)21/h2-8,16H,1H3,(H,23,25)(H2,22,24,26)/t16-/m1/s1. The molecule has 3 amide bonds. The summed E-state index contributed by atoms with van der Waals surface area (Å²) in [5.74, 6) is -0.340. The molecule has 0 radical (unpaired) electrons. The number of allylic oxidation sites excluding steroid dienone is 1. The average Bonchev–Trinajstić information content (AvgIpc) is 2.56. The van der Waals surface area contributed by atoms with Crippen molar-refractivity contribution in [3.05, 3.63) is 73.8 Å². The third-order valence-electron chi connectivity index (χ3n) is 3.89. The molecule has 3 rings (SSSR count). The molecule has 3 N–H and O–H groups in total. The highest BCUT2D eigenvalue weighted by molar-refractivity contribution is 9.10. The Hall–Kier alpha value is -2.02. The van der Waals surface area contributed by atoms with E-state index < -0.39 is 12.1 Å². The van der Waals surface area contributed by atoms with Gasteiger partial charge in [0.15, 0.2) is 0 Å². The van der Waals surface area contributed by atoms with Crippen LogP contribution in [0.2, 0.25) is 10.0 Å². The molecular weight excluding hydrogens is 441 g/mol. The first-order chi connectivity index (χ1) is 12.3. The minimum Gasteiger partial charge on any atom is -0.327 e. The Kier molecular flexibility index (Phi) is 5.55. The quantitative estimate of drug-likeness (QED) is 0.609. The molecule has 1 heterocycles. The Morgan fingerprint density at radius 2 is 1.85 bits per heavy atom. The van der Waals surface area contributed by atoms with Crippen LogP contribution in [0.5, 0.6) is 0 Å². The van der Waals surface area contributed by atoms with Crippen LogP contribution in [0, 0.1) is 0 Å². The Labute approximate surface area is 168 Å². The number of halogens is 3. The number of benzene rings is 2. The van der Waals surface area contributed by atoms with Crippen LogP contribution in [0.1, 0.15) is 18.5 Å². The summed E-state index contributed by atoms with van der Waals surface area (Å²) in [6.45, 7) is 1.67. The summed E-state index contributed by atoms with van der Waals surface area (Å²) in [6.07, 6.45) is 0. The van der Waals surface area contributed by atoms with E-state index in [2.05, 4.69) is 31.9 Å². The van der Waals surface area contributed by atoms with Crippen molar-refractivity contribution in [1.29, 1.82) is 0 Å². The molecule has 0 fully saturated rings. The SMILES string of the molecule is CC1=C(C(=O)Nc2ccc(Br)cc2)[C@@H](c2ccc(Cl)cc2Cl)NC(=O)N1. The normalized spacial score (nSPS) is 16.8. The van der Waals surface area contributed by atoms with E-state index >= 15 is 0 Å². The van der Waals surface area contributed by atoms with Crippen LogP contribution < -0.4 is 16.0 Å². The van der Waals surface area contributed by atoms with Gasteiger partial charge in [0.1, 0.15) is 0 Å². The van der Waals surface area contributed by atoms with Crippen LogP contribution >= 0.6 is 39.1 Å². The van der Waals surface area contributed by atoms with E-state index in [4.69, 9.17) is 23.2 Å². The van der Waals surface area contributed by atoms with Gasteiger partial charge in [-0.3, -0.25) is 4.79 Å². The van der Waals surface area contributed by atoms with E-state index in [0.29, 0.717) is 32.6 Å². The second kappa shape index (κ2) is 7.70. The smallest absolute Gasteiger partial charge is 0.319 e. The minimum absolute atomic E-state index is 0.340. The van der Waals surface area contributed by atoms with Crippen LogP contribution in [0.3, 0.4) is 0 Å². The number of urea groups is 1. The number of carbonyl (C=O) groups excluding carboxylic acids is 2. The highest BCUT2D eigenvalue weighted by Crippen LogP contribution is 2.33. The Morgan fingerprint density at radius 1 is 1.15 bits per heavy atom. The van der Waals surface area contributed by atoms with Crippen LogP contribution in [-0.4, -0.2) is 11.9 Å². The lowest BCUT2D eigenvalue weighted by atomic mass is 9.94. The van der Waals surface area contributed by atoms with E-state index in [0.717, 1.165) is 4.47 Å². The van der Waals surface area contributed by atoms with Gasteiger partial charge in [-0.05, 0) is 48.9 Å². The zero-order valence-electron chi connectivity index (χ0n) is 13.6. The molecule has 26 heavy (non-hydrogen) atoms. The van der Waals surface area contributed by atoms with Crippen molar-refractivity contribution in [2.24, 2.45) is 0 Å². The number of anilines is 1. The van der Waals surface area contributed by atoms with Crippen molar-refractivity contribution in [3.63, 3.8) is 0 Å². The van der Waals surface area contributed by atoms with Crippen molar-refractivity contribution >= 4 is 56.8 Å². The highest BCUT2D eigenvalue weighted by atomic mass is 79.9. The molecule has 0 spiro atoms. The summed E-state index contributed by atoms with van der Waals surface area (Å²) < 4.78 is 0.906. The molecule has 8 heteroatoms. The second-order valence-corrected chi connectivity index (χ2v) is 7.46. The molecule has 0 saturated carbocycles. The summed E-state index contributed by atoms with van der Waals surface area (Å²) in [4.78, 5) is 24.8. The highest BCUT2D eigenvalue weighted by Gasteiger charge is 2.32. The molecule has 1 aliphatic rings. The maximum absolute atomic E-state index is 12.9. The van der Waals surface area contributed by atoms with Crippen molar-refractivity contribution in [3.8, 4) is 0 Å². The van der Waals surface area contributed by atoms with Crippen molar-refractivity contribution < 1.29 is 9.59 Å². The second-order valence-electron chi connectivity index (χ2n) is 5.70. The van der Waals surface area contributed by atoms with E-state index in [1.165, 1.54) is 0 Å². The molecule has 0 unspecified atom stereocenters. The number of carbonyl (C=O) groups is 2. The van der Waals surface area contributed by atoms with E-state index in [1.807, 2.05) is 12.1 Å². The fourth-order valence-corrected chi connectivity index (χ4v) is 3.48. The number of nitrogens with one attached hydrogen (secondary N) is 3. The fraction of sp³-hybridized carbons (Fsp3) is 0.111. The van der Waals surface area contributed by atoms with Crippen LogP contribution in [0.4, 0.5) is 10.5 Å². The summed E-state index contributed by atoms with van der Waals surface area (Å²) in [6, 6.07) is 11.0. The van der Waals surface area contributed by atoms with Gasteiger partial charge in [-0.1, -0.05) is 45.2 Å². The fourth-order valence-electron chi connectivity index (χ4n) is 2.70. The Bertz CT molecular complexity index is 913. The van der Waals surface area contributed by atoms with Gasteiger partial charge in [0.2, 0.25) is 0 Å². The number of amides is 3. The summed E-state index contributed by atoms with van der Waals surface area (Å²) in [7, 11) is 0. The molecule has 1 atom stereocenters. The topological polar surface area (TPSA) is 70.2 Å². The molecule has 0 bridgehead atoms. The molecule has 1 aliphatic heterocycles. The molecule has 5 nitrogen and oxygen atoms in total. The van der Waals surface area contributed by atoms with E-state index in [1.54, 1.807) is 37.3 Å². The maximum Gasteiger partial charge on any atom is 0.319 e. The first kappa shape index (κ1) is 18.8. The third-order valence-corrected chi connectivity index (χ3v) is 4.98. The minimum atomic E-state index is -0.691. The van der Waals surface area contributed by atoms with Crippen molar-refractivity contribution in [1.82, 2.24) is 10.6 Å². The van der Waals surface area contributed by atoms with Crippen molar-refractivity contribution in [2.75, 3.05) is 5.32 Å². The zero-order chi connectivity index (χ0) is 18.8. The summed E-state index contributed by atoms with van der Waals surface area (Å²) in [5.41, 5.74) is 2.05. The van der Waals surface area contributed by atoms with Gasteiger partial charge >= 0.3 is 6.03 Å². The van der Waals surface area contributed by atoms with Gasteiger partial charge in [-0.15, -0.1) is 0 Å². The van der Waals surface area contributed by atoms with Gasteiger partial charge < -0.3 is 16.0 Å². The Balaban J connectivity index is 1.97. The van der Waals surface area contributed by atoms with Gasteiger partial charge in [0.05, 0.1) is 11.6 Å². The molecular formula is C18H14BrCl2N3O2. The lowest BCUT2D eigenvalue weighted by Gasteiger charge is -2.29. The Morgan fingerprint density at radius 3 is 2.50 bits per heavy atom. The molecule has 0 saturated heterocycles. The van der Waals surface area contributed by atoms with Gasteiger partial charge in [-0.2, -0.15) is 0 Å². The first-order valence-electron chi connectivity index (χ1n) is 7.65. The zero-order valence-corrected chi connectivity index (χ0v) is 16.7. The van der Waals surface area contributed by atoms with Gasteiger partial charge in [-0.25, -0.2) is 4.79 Å². The summed E-state index contributed by atoms with van der Waals surface area (Å²) in [5, 5.41) is 9.05. The first-order valence-corrected chi connectivity index (χ1v) is 9.20. The van der Waals surface area contributed by atoms with Crippen LogP contribution in [0.15, 0.2) is 58.2 Å². The molecule has 0 aromatic heterocycles. The third kappa shape index (κ3) is 4.03. The predicted molar refractivity (Wildman–Crippen MR) is 106 cm³/mol. The lowest BCUT2D eigenvalue weighted by molar-refractivity contribution is -0.113. The van der Waals surface area contributed by atoms with Gasteiger partial charge in [0, 0.05) is 25.9 Å². The van der Waals surface area contributed by atoms with E-state index in [-0.39, 0.29) is 5.91 Å². The van der Waals surface area contributed by atoms with E-state index in [9.17, 15) is 9.59 Å². The van der Waals surface area contributed by atoms with Crippen molar-refractivity contribution in [2.45, 2.75) is 13.0 Å². The number of hydrogen-bond acceptors (Lipinski definition) is 2. The number of hydrogen-bond donors (Lipinski definition) is 3. The molecule has 134 valence electrons. The molecule has 2 aromatic rings. The summed E-state index contributed by atoms with van der Waals surface area (Å²) >= 11 is 15.6. The molecule has 2 aromatic carbocycles. The largest absolute Gasteiger partial charge is 0.327 e. The lowest BCUT2D eigenvalue weighted by Crippen LogP contribution is -2.46. The van der Waals surface area contributed by atoms with Crippen LogP contribution in [-0.2, 0) is 4.79 Å². The molecule has 0 aliphatic carbocycles. The predicted octanol–water partition coefficient (Wildman–Crippen LogP) is 5.02. The van der Waals surface area contributed by atoms with Crippen LogP contribution in [0.25, 0.3) is 0 Å². The monoisotopic (exact) mass is 453 g/mol. The average molecular weight is 455 g/mol. The number of rotatable bonds is 3. The maximum atomic E-state index is 12.9. The van der Waals surface area contributed by atoms with Gasteiger partial charge in [0.25, 0.3) is 5.91 Å².